The van der Waals surface area contributed by atoms with Gasteiger partial charge in [-0.05, 0) is 104 Å². The zero-order valence-corrected chi connectivity index (χ0v) is 40.1. The van der Waals surface area contributed by atoms with E-state index in [1.165, 1.54) is 0 Å². The molecule has 0 bridgehead atoms. The fourth-order valence-corrected chi connectivity index (χ4v) is 10.9. The maximum absolute atomic E-state index is 14.0. The van der Waals surface area contributed by atoms with Crippen molar-refractivity contribution in [3.8, 4) is 36.4 Å². The van der Waals surface area contributed by atoms with Crippen molar-refractivity contribution >= 4 is 17.9 Å². The number of nitriles is 6. The molecule has 2 atom stereocenters. The Kier molecular flexibility index (Phi) is 15.6. The number of carbonyl (C=O) groups is 3. The largest absolute Gasteiger partial charge is 0.464 e. The van der Waals surface area contributed by atoms with E-state index in [4.69, 9.17) is 14.2 Å². The summed E-state index contributed by atoms with van der Waals surface area (Å²) in [6.45, 7) is 15.3. The van der Waals surface area contributed by atoms with E-state index in [9.17, 15) is 46.0 Å². The Morgan fingerprint density at radius 1 is 0.552 bits per heavy atom. The first kappa shape index (κ1) is 49.9. The van der Waals surface area contributed by atoms with Gasteiger partial charge in [-0.1, -0.05) is 41.5 Å². The Hall–Kier alpha value is -6.55. The van der Waals surface area contributed by atoms with Crippen LogP contribution in [0.5, 0.6) is 0 Å². The second kappa shape index (κ2) is 21.0. The Morgan fingerprint density at radius 2 is 0.940 bits per heavy atom. The molecule has 0 amide bonds. The first-order chi connectivity index (χ1) is 31.9. The van der Waals surface area contributed by atoms with Crippen LogP contribution < -0.4 is 0 Å². The molecule has 0 radical (unpaired) electrons. The zero-order chi connectivity index (χ0) is 48.7. The highest BCUT2D eigenvalue weighted by Crippen LogP contribution is 2.48. The molecule has 6 rings (SSSR count). The summed E-state index contributed by atoms with van der Waals surface area (Å²) < 4.78 is 17.3. The molecule has 2 unspecified atom stereocenters. The summed E-state index contributed by atoms with van der Waals surface area (Å²) in [6.07, 6.45) is 8.60. The van der Waals surface area contributed by atoms with Gasteiger partial charge in [0.05, 0.1) is 34.8 Å². The number of likely N-dealkylation sites (tertiary alicyclic amines) is 3. The Bertz CT molecular complexity index is 2310. The highest BCUT2D eigenvalue weighted by atomic mass is 16.6. The fourth-order valence-electron chi connectivity index (χ4n) is 10.9. The van der Waals surface area contributed by atoms with Crippen LogP contribution in [-0.4, -0.2) is 91.7 Å². The highest BCUT2D eigenvalue weighted by molar-refractivity contribution is 5.96. The van der Waals surface area contributed by atoms with Crippen molar-refractivity contribution in [2.45, 2.75) is 119 Å². The molecule has 0 saturated carbocycles. The number of hydrogen-bond donors (Lipinski definition) is 0. The summed E-state index contributed by atoms with van der Waals surface area (Å²) in [5.41, 5.74) is 2.24. The van der Waals surface area contributed by atoms with Crippen molar-refractivity contribution in [3.05, 3.63) is 56.1 Å². The van der Waals surface area contributed by atoms with E-state index in [-0.39, 0.29) is 51.4 Å². The average molecular weight is 910 g/mol. The quantitative estimate of drug-likeness (QED) is 0.0745. The van der Waals surface area contributed by atoms with Crippen molar-refractivity contribution in [2.24, 2.45) is 34.0 Å². The number of carbonyl (C=O) groups excluding carboxylic acids is 3. The minimum absolute atomic E-state index is 0.275. The summed E-state index contributed by atoms with van der Waals surface area (Å²) in [4.78, 5) is 48.5. The zero-order valence-electron chi connectivity index (χ0n) is 40.1. The maximum atomic E-state index is 14.0. The molecule has 0 N–H and O–H groups in total. The molecule has 0 spiro atoms. The number of nitrogens with zero attached hydrogens (tertiary/aromatic N) is 9. The minimum Gasteiger partial charge on any atom is -0.464 e. The van der Waals surface area contributed by atoms with Gasteiger partial charge in [-0.25, -0.2) is 9.59 Å². The van der Waals surface area contributed by atoms with E-state index < -0.39 is 55.5 Å². The summed E-state index contributed by atoms with van der Waals surface area (Å²) in [7, 11) is 0. The molecule has 0 aromatic carbocycles. The van der Waals surface area contributed by atoms with Crippen LogP contribution in [0.15, 0.2) is 56.1 Å². The molecule has 3 heterocycles. The third-order valence-electron chi connectivity index (χ3n) is 14.1. The predicted octanol–water partition coefficient (Wildman–Crippen LogP) is 7.71. The lowest BCUT2D eigenvalue weighted by atomic mass is 9.67. The van der Waals surface area contributed by atoms with E-state index in [1.807, 2.05) is 53.7 Å². The number of ether oxygens (including phenoxy) is 3. The van der Waals surface area contributed by atoms with Gasteiger partial charge in [0, 0.05) is 62.3 Å². The normalized spacial score (nSPS) is 24.1. The van der Waals surface area contributed by atoms with Gasteiger partial charge in [0.25, 0.3) is 0 Å². The van der Waals surface area contributed by atoms with Crippen LogP contribution in [0.3, 0.4) is 0 Å². The smallest absolute Gasteiger partial charge is 0.349 e. The molecule has 3 aliphatic carbocycles. The Balaban J connectivity index is 1.29. The Morgan fingerprint density at radius 3 is 1.31 bits per heavy atom. The summed E-state index contributed by atoms with van der Waals surface area (Å²) in [5, 5.41) is 62.6. The molecule has 15 heteroatoms. The first-order valence-electron chi connectivity index (χ1n) is 23.7. The van der Waals surface area contributed by atoms with Gasteiger partial charge in [0.1, 0.15) is 55.2 Å². The number of esters is 3. The molecule has 0 aromatic heterocycles. The van der Waals surface area contributed by atoms with E-state index in [2.05, 4.69) is 39.0 Å². The van der Waals surface area contributed by atoms with Crippen molar-refractivity contribution in [1.82, 2.24) is 14.7 Å². The second-order valence-electron chi connectivity index (χ2n) is 21.3. The SMILES string of the molecule is CC1(C)CC(N2CCCC2)=C(C#N)/C(=C(\C#N)C(=O)OCC(COC(=O)/C(C#N)=C2\CC(C)(C)CC(N3CCCC3)=C2C#N)COC(=O)C(C#N)C2CC(C)(C)CC(N3CCCC3)=C2C#N)C1. The number of hydrogen-bond acceptors (Lipinski definition) is 15. The van der Waals surface area contributed by atoms with Crippen LogP contribution in [0.25, 0.3) is 0 Å². The number of allylic oxidation sites excluding steroid dienone is 8. The van der Waals surface area contributed by atoms with Gasteiger partial charge in [0.2, 0.25) is 0 Å². The lowest BCUT2D eigenvalue weighted by molar-refractivity contribution is -0.153. The van der Waals surface area contributed by atoms with Crippen molar-refractivity contribution in [1.29, 1.82) is 31.6 Å². The van der Waals surface area contributed by atoms with E-state index in [1.54, 1.807) is 0 Å². The molecule has 352 valence electrons. The summed E-state index contributed by atoms with van der Waals surface area (Å²) in [6, 6.07) is 12.9. The molecule has 3 aliphatic heterocycles. The highest BCUT2D eigenvalue weighted by Gasteiger charge is 2.44. The van der Waals surface area contributed by atoms with Crippen molar-refractivity contribution in [2.75, 3.05) is 59.1 Å². The lowest BCUT2D eigenvalue weighted by Gasteiger charge is -2.40. The summed E-state index contributed by atoms with van der Waals surface area (Å²) in [5.74, 6) is -6.06. The van der Waals surface area contributed by atoms with Crippen LogP contribution >= 0.6 is 0 Å². The van der Waals surface area contributed by atoms with Crippen LogP contribution in [-0.2, 0) is 28.6 Å². The Labute approximate surface area is 395 Å². The summed E-state index contributed by atoms with van der Waals surface area (Å²) >= 11 is 0. The topological polar surface area (TPSA) is 231 Å². The van der Waals surface area contributed by atoms with Gasteiger partial charge in [-0.15, -0.1) is 0 Å². The molecule has 67 heavy (non-hydrogen) atoms. The third kappa shape index (κ3) is 11.4. The molecule has 15 nitrogen and oxygen atoms in total. The molecular weight excluding hydrogens is 847 g/mol. The van der Waals surface area contributed by atoms with Gasteiger partial charge >= 0.3 is 17.9 Å². The first-order valence-corrected chi connectivity index (χ1v) is 23.7. The number of rotatable bonds is 13. The predicted molar refractivity (Wildman–Crippen MR) is 244 cm³/mol. The standard InChI is InChI=1S/C52H63N9O6/c1-50(2)19-35(38(25-53)44(22-50)59-13-7-8-14-59)41(28-56)47(62)65-31-34(32-66-48(63)42(29-57)36-20-51(3,4)23-45(39(36)26-54)60-15-9-10-16-60)33-67-49(64)43(30-58)37-21-52(5,6)24-46(40(37)27-55)61-17-11-12-18-61/h34-35,41H,7-24,31-33H2,1-6H3/b42-36+,43-37+. The minimum atomic E-state index is -1.35. The van der Waals surface area contributed by atoms with E-state index >= 15 is 0 Å². The van der Waals surface area contributed by atoms with Gasteiger partial charge in [-0.3, -0.25) is 4.79 Å². The van der Waals surface area contributed by atoms with E-state index in [0.717, 1.165) is 94.9 Å². The molecule has 0 aromatic rings. The van der Waals surface area contributed by atoms with Crippen LogP contribution in [0.4, 0.5) is 0 Å². The van der Waals surface area contributed by atoms with Crippen LogP contribution in [0.2, 0.25) is 0 Å². The monoisotopic (exact) mass is 909 g/mol. The molecular formula is C52H63N9O6. The van der Waals surface area contributed by atoms with Crippen molar-refractivity contribution < 1.29 is 28.6 Å². The van der Waals surface area contributed by atoms with Crippen LogP contribution in [0.1, 0.15) is 119 Å². The maximum Gasteiger partial charge on any atom is 0.349 e. The fraction of sp³-hybridized carbons (Fsp3) is 0.635. The average Bonchev–Trinajstić information content (AvgIpc) is 4.11. The lowest BCUT2D eigenvalue weighted by Crippen LogP contribution is -2.38. The second-order valence-corrected chi connectivity index (χ2v) is 21.3. The van der Waals surface area contributed by atoms with Gasteiger partial charge in [0.15, 0.2) is 5.92 Å². The van der Waals surface area contributed by atoms with Gasteiger partial charge < -0.3 is 28.9 Å². The van der Waals surface area contributed by atoms with Crippen molar-refractivity contribution in [3.63, 3.8) is 0 Å². The van der Waals surface area contributed by atoms with E-state index in [0.29, 0.717) is 42.4 Å². The van der Waals surface area contributed by atoms with Crippen LogP contribution in [0, 0.1) is 102 Å². The molecule has 3 saturated heterocycles. The molecule has 6 aliphatic rings. The van der Waals surface area contributed by atoms with Gasteiger partial charge in [-0.2, -0.15) is 31.6 Å². The third-order valence-corrected chi connectivity index (χ3v) is 14.1. The molecule has 3 fully saturated rings.